The van der Waals surface area contributed by atoms with Crippen LogP contribution in [0.1, 0.15) is 19.8 Å². The number of rotatable bonds is 7. The van der Waals surface area contributed by atoms with Gasteiger partial charge in [-0.2, -0.15) is 0 Å². The molecule has 0 aromatic carbocycles. The second-order valence-corrected chi connectivity index (χ2v) is 4.45. The minimum absolute atomic E-state index is 0.239. The Hall–Kier alpha value is 0.0700. The van der Waals surface area contributed by atoms with Gasteiger partial charge in [-0.25, -0.2) is 0 Å². The molecule has 4 heteroatoms. The van der Waals surface area contributed by atoms with Crippen LogP contribution in [0.5, 0.6) is 0 Å². The maximum Gasteiger partial charge on any atom is 0.0662 e. The van der Waals surface area contributed by atoms with E-state index in [9.17, 15) is 4.21 Å². The molecule has 3 nitrogen and oxygen atoms in total. The van der Waals surface area contributed by atoms with Gasteiger partial charge in [0.1, 0.15) is 0 Å². The predicted octanol–water partition coefficient (Wildman–Crippen LogP) is 0.115. The smallest absolute Gasteiger partial charge is 0.0662 e. The van der Waals surface area contributed by atoms with Gasteiger partial charge in [0, 0.05) is 29.4 Å². The van der Waals surface area contributed by atoms with Gasteiger partial charge in [0.25, 0.3) is 0 Å². The molecule has 0 fully saturated rings. The first-order valence-electron chi connectivity index (χ1n) is 4.35. The molecule has 0 aromatic heterocycles. The lowest BCUT2D eigenvalue weighted by atomic mass is 10.3. The second kappa shape index (κ2) is 7.71. The zero-order chi connectivity index (χ0) is 9.40. The molecule has 0 saturated carbocycles. The fourth-order valence-electron chi connectivity index (χ4n) is 0.813. The van der Waals surface area contributed by atoms with Crippen molar-refractivity contribution in [2.24, 2.45) is 0 Å². The van der Waals surface area contributed by atoms with Crippen molar-refractivity contribution in [3.63, 3.8) is 0 Å². The fraction of sp³-hybridized carbons (Fsp3) is 1.00. The first-order chi connectivity index (χ1) is 5.66. The summed E-state index contributed by atoms with van der Waals surface area (Å²) < 4.78 is 10.6. The second-order valence-electron chi connectivity index (χ2n) is 2.90. The molecule has 0 radical (unpaired) electrons. The van der Waals surface area contributed by atoms with Gasteiger partial charge in [-0.1, -0.05) is 6.92 Å². The van der Waals surface area contributed by atoms with Gasteiger partial charge in [-0.15, -0.1) is 0 Å². The molecule has 0 aliphatic rings. The van der Waals surface area contributed by atoms with Crippen molar-refractivity contribution in [3.05, 3.63) is 0 Å². The Labute approximate surface area is 77.0 Å². The van der Waals surface area contributed by atoms with Crippen LogP contribution in [0.15, 0.2) is 0 Å². The van der Waals surface area contributed by atoms with Crippen LogP contribution in [-0.2, 0) is 10.8 Å². The van der Waals surface area contributed by atoms with Gasteiger partial charge in [0.15, 0.2) is 0 Å². The summed E-state index contributed by atoms with van der Waals surface area (Å²) in [7, 11) is -0.684. The first kappa shape index (κ1) is 12.1. The standard InChI is InChI=1S/C8H19NO2S/c1-3-8(10)7-9-5-4-6-12(2)11/h8-10H,3-7H2,1-2H3. The van der Waals surface area contributed by atoms with E-state index in [1.807, 2.05) is 6.92 Å². The molecule has 74 valence electrons. The van der Waals surface area contributed by atoms with Crippen molar-refractivity contribution >= 4 is 10.8 Å². The Morgan fingerprint density at radius 3 is 2.75 bits per heavy atom. The van der Waals surface area contributed by atoms with Crippen LogP contribution < -0.4 is 5.32 Å². The highest BCUT2D eigenvalue weighted by molar-refractivity contribution is 7.84. The number of hydrogen-bond acceptors (Lipinski definition) is 3. The van der Waals surface area contributed by atoms with E-state index in [0.29, 0.717) is 6.54 Å². The zero-order valence-corrected chi connectivity index (χ0v) is 8.69. The van der Waals surface area contributed by atoms with Crippen LogP contribution in [0.25, 0.3) is 0 Å². The number of aliphatic hydroxyl groups excluding tert-OH is 1. The van der Waals surface area contributed by atoms with Gasteiger partial charge in [0.05, 0.1) is 6.10 Å². The van der Waals surface area contributed by atoms with Gasteiger partial charge < -0.3 is 10.4 Å². The van der Waals surface area contributed by atoms with Crippen LogP contribution in [0.4, 0.5) is 0 Å². The van der Waals surface area contributed by atoms with Crippen molar-refractivity contribution in [1.82, 2.24) is 5.32 Å². The summed E-state index contributed by atoms with van der Waals surface area (Å²) >= 11 is 0. The molecule has 12 heavy (non-hydrogen) atoms. The quantitative estimate of drug-likeness (QED) is 0.564. The van der Waals surface area contributed by atoms with E-state index in [1.54, 1.807) is 6.26 Å². The van der Waals surface area contributed by atoms with Gasteiger partial charge in [0.2, 0.25) is 0 Å². The third-order valence-electron chi connectivity index (χ3n) is 1.64. The molecule has 0 aromatic rings. The van der Waals surface area contributed by atoms with E-state index >= 15 is 0 Å². The van der Waals surface area contributed by atoms with Crippen molar-refractivity contribution < 1.29 is 9.32 Å². The predicted molar refractivity (Wildman–Crippen MR) is 52.7 cm³/mol. The monoisotopic (exact) mass is 193 g/mol. The molecule has 0 bridgehead atoms. The lowest BCUT2D eigenvalue weighted by Crippen LogP contribution is -2.27. The maximum atomic E-state index is 10.6. The largest absolute Gasteiger partial charge is 0.392 e. The van der Waals surface area contributed by atoms with Crippen LogP contribution in [0, 0.1) is 0 Å². The average Bonchev–Trinajstić information content (AvgIpc) is 2.03. The summed E-state index contributed by atoms with van der Waals surface area (Å²) in [5.74, 6) is 0.745. The lowest BCUT2D eigenvalue weighted by molar-refractivity contribution is 0.167. The minimum atomic E-state index is -0.684. The minimum Gasteiger partial charge on any atom is -0.392 e. The molecule has 0 saturated heterocycles. The fourth-order valence-corrected chi connectivity index (χ4v) is 1.36. The molecular weight excluding hydrogens is 174 g/mol. The van der Waals surface area contributed by atoms with Crippen molar-refractivity contribution in [1.29, 1.82) is 0 Å². The van der Waals surface area contributed by atoms with Crippen LogP contribution in [0.2, 0.25) is 0 Å². The number of nitrogens with one attached hydrogen (secondary N) is 1. The average molecular weight is 193 g/mol. The molecule has 0 heterocycles. The lowest BCUT2D eigenvalue weighted by Gasteiger charge is -2.08. The van der Waals surface area contributed by atoms with E-state index < -0.39 is 10.8 Å². The van der Waals surface area contributed by atoms with Crippen LogP contribution in [-0.4, -0.2) is 40.5 Å². The molecular formula is C8H19NO2S. The summed E-state index contributed by atoms with van der Waals surface area (Å²) in [4.78, 5) is 0. The molecule has 0 aliphatic carbocycles. The first-order valence-corrected chi connectivity index (χ1v) is 6.08. The molecule has 2 N–H and O–H groups in total. The summed E-state index contributed by atoms with van der Waals surface area (Å²) in [6, 6.07) is 0. The van der Waals surface area contributed by atoms with E-state index in [0.717, 1.165) is 25.1 Å². The van der Waals surface area contributed by atoms with E-state index in [2.05, 4.69) is 5.32 Å². The molecule has 0 rings (SSSR count). The van der Waals surface area contributed by atoms with Crippen molar-refractivity contribution in [2.45, 2.75) is 25.9 Å². The van der Waals surface area contributed by atoms with Crippen molar-refractivity contribution in [2.75, 3.05) is 25.1 Å². The highest BCUT2D eigenvalue weighted by Crippen LogP contribution is 1.87. The zero-order valence-electron chi connectivity index (χ0n) is 7.88. The van der Waals surface area contributed by atoms with Gasteiger partial charge in [-0.3, -0.25) is 4.21 Å². The summed E-state index contributed by atoms with van der Waals surface area (Å²) in [6.07, 6.45) is 3.17. The van der Waals surface area contributed by atoms with Crippen LogP contribution in [0.3, 0.4) is 0 Å². The van der Waals surface area contributed by atoms with E-state index in [1.165, 1.54) is 0 Å². The van der Waals surface area contributed by atoms with Gasteiger partial charge in [-0.05, 0) is 19.4 Å². The van der Waals surface area contributed by atoms with E-state index in [4.69, 9.17) is 5.11 Å². The summed E-state index contributed by atoms with van der Waals surface area (Å²) in [5.41, 5.74) is 0. The maximum absolute atomic E-state index is 10.6. The third-order valence-corrected chi connectivity index (χ3v) is 2.50. The van der Waals surface area contributed by atoms with E-state index in [-0.39, 0.29) is 6.10 Å². The number of hydrogen-bond donors (Lipinski definition) is 2. The summed E-state index contributed by atoms with van der Waals surface area (Å²) in [6.45, 7) is 3.44. The molecule has 0 aliphatic heterocycles. The van der Waals surface area contributed by atoms with Gasteiger partial charge >= 0.3 is 0 Å². The highest BCUT2D eigenvalue weighted by atomic mass is 32.2. The summed E-state index contributed by atoms with van der Waals surface area (Å²) in [5, 5.41) is 12.3. The highest BCUT2D eigenvalue weighted by Gasteiger charge is 1.98. The Morgan fingerprint density at radius 1 is 1.58 bits per heavy atom. The Bertz CT molecular complexity index is 130. The topological polar surface area (TPSA) is 49.3 Å². The third kappa shape index (κ3) is 8.17. The number of aliphatic hydroxyl groups is 1. The Morgan fingerprint density at radius 2 is 2.25 bits per heavy atom. The Balaban J connectivity index is 3.05. The molecule has 2 unspecified atom stereocenters. The molecule has 2 atom stereocenters. The Kier molecular flexibility index (Phi) is 7.75. The normalized spacial score (nSPS) is 15.9. The van der Waals surface area contributed by atoms with Crippen molar-refractivity contribution in [3.8, 4) is 0 Å². The molecule has 0 amide bonds. The van der Waals surface area contributed by atoms with Crippen LogP contribution >= 0.6 is 0 Å². The molecule has 0 spiro atoms. The SMILES string of the molecule is CCC(O)CNCCCS(C)=O.